The van der Waals surface area contributed by atoms with Gasteiger partial charge in [-0.25, -0.2) is 0 Å². The molecular weight excluding hydrogens is 310 g/mol. The van der Waals surface area contributed by atoms with Crippen molar-refractivity contribution in [3.8, 4) is 5.75 Å². The van der Waals surface area contributed by atoms with Crippen molar-refractivity contribution in [2.75, 3.05) is 6.54 Å². The zero-order valence-corrected chi connectivity index (χ0v) is 15.6. The smallest absolute Gasteiger partial charge is 0.119 e. The number of hydrogen-bond donors (Lipinski definition) is 2. The van der Waals surface area contributed by atoms with Gasteiger partial charge < -0.3 is 15.2 Å². The van der Waals surface area contributed by atoms with Crippen LogP contribution in [0.15, 0.2) is 54.6 Å². The Balaban J connectivity index is 1.76. The van der Waals surface area contributed by atoms with Gasteiger partial charge in [-0.2, -0.15) is 0 Å². The molecule has 0 amide bonds. The van der Waals surface area contributed by atoms with Gasteiger partial charge in [-0.1, -0.05) is 55.8 Å². The lowest BCUT2D eigenvalue weighted by atomic mass is 10.0. The third kappa shape index (κ3) is 6.52. The Labute approximate surface area is 152 Å². The van der Waals surface area contributed by atoms with Crippen molar-refractivity contribution in [2.45, 2.75) is 58.3 Å². The molecule has 2 N–H and O–H groups in total. The van der Waals surface area contributed by atoms with Crippen LogP contribution in [0.1, 0.15) is 50.8 Å². The highest BCUT2D eigenvalue weighted by Crippen LogP contribution is 2.17. The summed E-state index contributed by atoms with van der Waals surface area (Å²) in [6.45, 7) is 7.13. The Morgan fingerprint density at radius 1 is 1.00 bits per heavy atom. The maximum Gasteiger partial charge on any atom is 0.119 e. The summed E-state index contributed by atoms with van der Waals surface area (Å²) >= 11 is 0. The summed E-state index contributed by atoms with van der Waals surface area (Å²) in [7, 11) is 0. The van der Waals surface area contributed by atoms with Gasteiger partial charge in [-0.05, 0) is 56.5 Å². The molecule has 0 aromatic heterocycles. The molecule has 3 nitrogen and oxygen atoms in total. The average Bonchev–Trinajstić information content (AvgIpc) is 2.63. The Hall–Kier alpha value is -1.84. The minimum atomic E-state index is -0.489. The molecule has 0 saturated heterocycles. The molecule has 2 aromatic carbocycles. The molecule has 0 bridgehead atoms. The van der Waals surface area contributed by atoms with E-state index < -0.39 is 6.10 Å². The van der Waals surface area contributed by atoms with Gasteiger partial charge in [0.25, 0.3) is 0 Å². The second-order valence-electron chi connectivity index (χ2n) is 6.71. The van der Waals surface area contributed by atoms with E-state index in [1.165, 1.54) is 5.56 Å². The predicted molar refractivity (Wildman–Crippen MR) is 104 cm³/mol. The van der Waals surface area contributed by atoms with Crippen LogP contribution in [0.2, 0.25) is 0 Å². The van der Waals surface area contributed by atoms with E-state index in [4.69, 9.17) is 4.74 Å². The molecule has 2 rings (SSSR count). The second-order valence-corrected chi connectivity index (χ2v) is 6.71. The molecule has 25 heavy (non-hydrogen) atoms. The van der Waals surface area contributed by atoms with E-state index in [0.717, 1.165) is 37.1 Å². The first-order valence-corrected chi connectivity index (χ1v) is 9.32. The molecule has 136 valence electrons. The van der Waals surface area contributed by atoms with E-state index >= 15 is 0 Å². The van der Waals surface area contributed by atoms with Crippen molar-refractivity contribution < 1.29 is 9.84 Å². The number of benzene rings is 2. The van der Waals surface area contributed by atoms with Crippen molar-refractivity contribution in [1.29, 1.82) is 0 Å². The summed E-state index contributed by atoms with van der Waals surface area (Å²) in [6.07, 6.45) is 2.91. The Morgan fingerprint density at radius 3 is 2.32 bits per heavy atom. The number of aliphatic hydroxyl groups is 1. The Bertz CT molecular complexity index is 597. The van der Waals surface area contributed by atoms with Crippen LogP contribution in [0.4, 0.5) is 0 Å². The van der Waals surface area contributed by atoms with Gasteiger partial charge in [0, 0.05) is 6.04 Å². The monoisotopic (exact) mass is 341 g/mol. The fourth-order valence-electron chi connectivity index (χ4n) is 2.93. The van der Waals surface area contributed by atoms with Crippen LogP contribution in [0, 0.1) is 0 Å². The summed E-state index contributed by atoms with van der Waals surface area (Å²) in [5.74, 6) is 0.936. The summed E-state index contributed by atoms with van der Waals surface area (Å²) in [5, 5.41) is 13.8. The highest BCUT2D eigenvalue weighted by Gasteiger charge is 2.15. The van der Waals surface area contributed by atoms with Crippen LogP contribution in [0.25, 0.3) is 0 Å². The van der Waals surface area contributed by atoms with Crippen LogP contribution in [0.5, 0.6) is 5.75 Å². The normalized spacial score (nSPS) is 14.7. The summed E-state index contributed by atoms with van der Waals surface area (Å²) in [4.78, 5) is 0. The van der Waals surface area contributed by atoms with Crippen molar-refractivity contribution in [3.05, 3.63) is 65.7 Å². The minimum Gasteiger partial charge on any atom is -0.491 e. The first-order valence-electron chi connectivity index (χ1n) is 9.32. The molecule has 0 unspecified atom stereocenters. The SMILES string of the molecule is CCC[C@@H](C)Oc1ccc(CCN[C@H](C)[C@@H](O)c2ccccc2)cc1. The first kappa shape index (κ1) is 19.5. The van der Waals surface area contributed by atoms with E-state index in [1.807, 2.05) is 49.4 Å². The first-order chi connectivity index (χ1) is 12.1. The van der Waals surface area contributed by atoms with E-state index in [1.54, 1.807) is 0 Å². The number of nitrogens with one attached hydrogen (secondary N) is 1. The average molecular weight is 341 g/mol. The summed E-state index contributed by atoms with van der Waals surface area (Å²) in [5.41, 5.74) is 2.22. The van der Waals surface area contributed by atoms with Crippen molar-refractivity contribution in [3.63, 3.8) is 0 Å². The molecular formula is C22H31NO2. The van der Waals surface area contributed by atoms with Crippen LogP contribution >= 0.6 is 0 Å². The standard InChI is InChI=1S/C22H31NO2/c1-4-8-17(2)25-21-13-11-19(12-14-21)15-16-23-18(3)22(24)20-9-6-5-7-10-20/h5-7,9-14,17-18,22-24H,4,8,15-16H2,1-3H3/t17-,18-,22-/m1/s1. The van der Waals surface area contributed by atoms with Gasteiger partial charge in [-0.3, -0.25) is 0 Å². The van der Waals surface area contributed by atoms with E-state index in [2.05, 4.69) is 31.3 Å². The number of hydrogen-bond acceptors (Lipinski definition) is 3. The molecule has 0 aliphatic rings. The lowest BCUT2D eigenvalue weighted by molar-refractivity contribution is 0.136. The number of rotatable bonds is 10. The quantitative estimate of drug-likeness (QED) is 0.668. The zero-order valence-electron chi connectivity index (χ0n) is 15.6. The van der Waals surface area contributed by atoms with Gasteiger partial charge in [0.15, 0.2) is 0 Å². The molecule has 3 heteroatoms. The second kappa shape index (κ2) is 10.2. The summed E-state index contributed by atoms with van der Waals surface area (Å²) < 4.78 is 5.88. The van der Waals surface area contributed by atoms with E-state index in [9.17, 15) is 5.11 Å². The Morgan fingerprint density at radius 2 is 1.68 bits per heavy atom. The van der Waals surface area contributed by atoms with Crippen LogP contribution in [0.3, 0.4) is 0 Å². The molecule has 0 aliphatic heterocycles. The molecule has 3 atom stereocenters. The largest absolute Gasteiger partial charge is 0.491 e. The van der Waals surface area contributed by atoms with Crippen molar-refractivity contribution in [2.24, 2.45) is 0 Å². The predicted octanol–water partition coefficient (Wildman–Crippen LogP) is 4.51. The van der Waals surface area contributed by atoms with Crippen LogP contribution < -0.4 is 10.1 Å². The number of ether oxygens (including phenoxy) is 1. The van der Waals surface area contributed by atoms with E-state index in [0.29, 0.717) is 0 Å². The molecule has 0 saturated carbocycles. The van der Waals surface area contributed by atoms with Gasteiger partial charge in [-0.15, -0.1) is 0 Å². The lowest BCUT2D eigenvalue weighted by Crippen LogP contribution is -2.33. The number of aliphatic hydroxyl groups excluding tert-OH is 1. The van der Waals surface area contributed by atoms with Gasteiger partial charge in [0.05, 0.1) is 12.2 Å². The molecule has 0 fully saturated rings. The van der Waals surface area contributed by atoms with Crippen molar-refractivity contribution >= 4 is 0 Å². The Kier molecular flexibility index (Phi) is 7.96. The van der Waals surface area contributed by atoms with E-state index in [-0.39, 0.29) is 12.1 Å². The lowest BCUT2D eigenvalue weighted by Gasteiger charge is -2.20. The minimum absolute atomic E-state index is 0.0138. The van der Waals surface area contributed by atoms with Crippen molar-refractivity contribution in [1.82, 2.24) is 5.32 Å². The molecule has 0 radical (unpaired) electrons. The summed E-state index contributed by atoms with van der Waals surface area (Å²) in [6, 6.07) is 18.1. The maximum atomic E-state index is 10.4. The van der Waals surface area contributed by atoms with Crippen LogP contribution in [-0.4, -0.2) is 23.8 Å². The van der Waals surface area contributed by atoms with Crippen LogP contribution in [-0.2, 0) is 6.42 Å². The molecule has 0 spiro atoms. The molecule has 0 heterocycles. The fourth-order valence-corrected chi connectivity index (χ4v) is 2.93. The van der Waals surface area contributed by atoms with Gasteiger partial charge >= 0.3 is 0 Å². The molecule has 2 aromatic rings. The highest BCUT2D eigenvalue weighted by molar-refractivity contribution is 5.27. The molecule has 0 aliphatic carbocycles. The highest BCUT2D eigenvalue weighted by atomic mass is 16.5. The topological polar surface area (TPSA) is 41.5 Å². The third-order valence-electron chi connectivity index (χ3n) is 4.45. The third-order valence-corrected chi connectivity index (χ3v) is 4.45. The van der Waals surface area contributed by atoms with Gasteiger partial charge in [0.2, 0.25) is 0 Å². The fraction of sp³-hybridized carbons (Fsp3) is 0.455. The maximum absolute atomic E-state index is 10.4. The van der Waals surface area contributed by atoms with Gasteiger partial charge in [0.1, 0.15) is 5.75 Å². The zero-order chi connectivity index (χ0) is 18.1.